The molecule has 0 heterocycles. The molecule has 8 aromatic rings. The van der Waals surface area contributed by atoms with Crippen LogP contribution >= 0.6 is 0 Å². The monoisotopic (exact) mass is 1560 g/mol. The minimum Gasteiger partial charge on any atom is -0.507 e. The second-order valence-corrected chi connectivity index (χ2v) is 30.8. The van der Waals surface area contributed by atoms with Crippen LogP contribution in [-0.2, 0) is 46.0 Å². The van der Waals surface area contributed by atoms with E-state index in [1.807, 2.05) is 98.8 Å². The molecular formula is C90H91F3O19S. The molecule has 2 unspecified atom stereocenters. The fourth-order valence-electron chi connectivity index (χ4n) is 15.7. The number of rotatable bonds is 18. The van der Waals surface area contributed by atoms with Gasteiger partial charge >= 0.3 is 29.8 Å². The number of Topliss-reactive ketones (excluding diaryl/α,β-unsaturated/α-hetero) is 3. The van der Waals surface area contributed by atoms with E-state index in [0.717, 1.165) is 86.9 Å². The third kappa shape index (κ3) is 21.2. The summed E-state index contributed by atoms with van der Waals surface area (Å²) in [6, 6.07) is 49.3. The van der Waals surface area contributed by atoms with Crippen LogP contribution in [0.25, 0.3) is 39.5 Å². The molecule has 0 spiro atoms. The van der Waals surface area contributed by atoms with Gasteiger partial charge in [-0.1, -0.05) is 149 Å². The number of benzene rings is 8. The smallest absolute Gasteiger partial charge is 0.339 e. The van der Waals surface area contributed by atoms with Crippen LogP contribution in [0.2, 0.25) is 0 Å². The maximum absolute atomic E-state index is 13.7. The van der Waals surface area contributed by atoms with Gasteiger partial charge in [-0.25, -0.2) is 22.8 Å². The Morgan fingerprint density at radius 3 is 1.78 bits per heavy atom. The first-order valence-electron chi connectivity index (χ1n) is 36.7. The molecule has 0 saturated heterocycles. The van der Waals surface area contributed by atoms with E-state index in [4.69, 9.17) is 30.6 Å². The molecule has 0 amide bonds. The molecule has 0 aliphatic heterocycles. The highest BCUT2D eigenvalue weighted by Gasteiger charge is 2.68. The van der Waals surface area contributed by atoms with Crippen molar-refractivity contribution in [1.29, 1.82) is 0 Å². The summed E-state index contributed by atoms with van der Waals surface area (Å²) in [5, 5.41) is 82.5. The summed E-state index contributed by atoms with van der Waals surface area (Å²) in [5.74, 6) is -7.70. The molecule has 0 radical (unpaired) electrons. The van der Waals surface area contributed by atoms with E-state index in [0.29, 0.717) is 54.4 Å². The predicted molar refractivity (Wildman–Crippen MR) is 422 cm³/mol. The zero-order valence-electron chi connectivity index (χ0n) is 63.5. The number of carbonyl (C=O) groups excluding carboxylic acids is 4. The van der Waals surface area contributed by atoms with E-state index in [1.54, 1.807) is 61.7 Å². The summed E-state index contributed by atoms with van der Waals surface area (Å²) in [5.41, 5.74) is 7.93. The van der Waals surface area contributed by atoms with Crippen LogP contribution in [0, 0.1) is 52.0 Å². The lowest BCUT2D eigenvalue weighted by Crippen LogP contribution is -2.60. The number of hydrogen-bond donors (Lipinski definition) is 9. The average Bonchev–Trinajstić information content (AvgIpc) is 1.64. The van der Waals surface area contributed by atoms with Crippen molar-refractivity contribution in [2.75, 3.05) is 12.9 Å². The Kier molecular flexibility index (Phi) is 29.4. The van der Waals surface area contributed by atoms with E-state index < -0.39 is 87.4 Å². The summed E-state index contributed by atoms with van der Waals surface area (Å²) < 4.78 is 51.4. The molecule has 592 valence electrons. The Labute approximate surface area is 655 Å². The number of halogens is 3. The Morgan fingerprint density at radius 2 is 1.21 bits per heavy atom. The molecule has 8 atom stereocenters. The molecule has 113 heavy (non-hydrogen) atoms. The number of aliphatic hydroxyl groups excluding tert-OH is 1. The molecule has 9 N–H and O–H groups in total. The Bertz CT molecular complexity index is 5010. The van der Waals surface area contributed by atoms with Gasteiger partial charge in [-0.15, -0.1) is 0 Å². The minimum absolute atomic E-state index is 0.0417. The average molecular weight is 1570 g/mol. The summed E-state index contributed by atoms with van der Waals surface area (Å²) in [7, 11) is -1.04. The number of aromatic hydroxyl groups is 2. The quantitative estimate of drug-likeness (QED) is 0.0360. The van der Waals surface area contributed by atoms with Gasteiger partial charge in [0, 0.05) is 69.7 Å². The predicted octanol–water partition coefficient (Wildman–Crippen LogP) is 17.0. The van der Waals surface area contributed by atoms with Gasteiger partial charge in [0.25, 0.3) is 0 Å². The minimum atomic E-state index is -1.60. The standard InChI is InChI=1S/C21H28O5.C20H17FO3S.C16H14O3.C13H8F2O3.C13H18O2.C7H6O3/c1-19-7-5-13(23)9-12(19)3-4-14-15-6-8-21(26,17(25)11-22)20(15,2)10-16(24)18(14)19;1-12-17(9-13-3-6-15(7-4-13)25(2)24)16-8-5-14(21)10-19(16)18(12)11-20(22)23;17-15(10-11-16(18)19)14-8-6-13(7-9-14)12-4-2-1-3-5-12;14-8-2-3-9(11(15)6-8)7-1-4-12(16)10(5-7)13(17)18;1-9(2)8-11-4-6-12(7-5-11)10(3)13(14)15;8-6-4-2-1-3-5(6)7(9)10/h9,14-15,18,22,26H,3-8,10-11H2,1-2H3;3-10H,11H2,1-2H3,(H,22,23);1-9H,10-11H2,(H,18,19);1-6,16H,(H,17,18);4-7,9-10H,8H2,1-3H3,(H,14,15);1-4,8H,(H,9,10)/b;17-9-;;;;/t14-,15-,18+,19-,20-,21-;;;;;/m0...../s1. The number of fused-ring (bicyclic) bond motifs is 6. The molecule has 8 aromatic carbocycles. The van der Waals surface area contributed by atoms with Gasteiger partial charge in [-0.2, -0.15) is 0 Å². The fraction of sp³-hybridized carbons (Fsp3) is 0.300. The number of phenols is 2. The number of carboxylic acids is 5. The molecule has 23 heteroatoms. The summed E-state index contributed by atoms with van der Waals surface area (Å²) in [6.07, 6.45) is 10.2. The third-order valence-electron chi connectivity index (χ3n) is 21.7. The molecule has 0 bridgehead atoms. The number of aliphatic hydroxyl groups is 2. The highest BCUT2D eigenvalue weighted by Crippen LogP contribution is 2.67. The third-order valence-corrected chi connectivity index (χ3v) is 22.6. The van der Waals surface area contributed by atoms with Crippen molar-refractivity contribution in [2.45, 2.75) is 129 Å². The van der Waals surface area contributed by atoms with Crippen LogP contribution in [0.3, 0.4) is 0 Å². The molecular weight excluding hydrogens is 1470 g/mol. The number of aromatic carboxylic acids is 2. The van der Waals surface area contributed by atoms with E-state index >= 15 is 0 Å². The van der Waals surface area contributed by atoms with Crippen molar-refractivity contribution in [1.82, 2.24) is 0 Å². The summed E-state index contributed by atoms with van der Waals surface area (Å²) in [6.45, 7) is 11.2. The largest absolute Gasteiger partial charge is 0.507 e. The molecule has 3 saturated carbocycles. The van der Waals surface area contributed by atoms with Crippen molar-refractivity contribution in [3.05, 3.63) is 261 Å². The lowest BCUT2D eigenvalue weighted by Gasteiger charge is -2.57. The van der Waals surface area contributed by atoms with Crippen molar-refractivity contribution >= 4 is 81.0 Å². The highest BCUT2D eigenvalue weighted by molar-refractivity contribution is 7.84. The molecule has 13 rings (SSSR count). The Balaban J connectivity index is 0.000000174. The van der Waals surface area contributed by atoms with Gasteiger partial charge in [-0.05, 0) is 210 Å². The van der Waals surface area contributed by atoms with Gasteiger partial charge in [0.05, 0.1) is 18.8 Å². The van der Waals surface area contributed by atoms with Crippen LogP contribution in [0.1, 0.15) is 171 Å². The number of allylic oxidation sites excluding steroid dienone is 3. The normalized spacial score (nSPS) is 20.4. The Hall–Kier alpha value is -11.5. The van der Waals surface area contributed by atoms with Crippen LogP contribution in [-0.4, -0.2) is 122 Å². The lowest BCUT2D eigenvalue weighted by molar-refractivity contribution is -0.170. The maximum Gasteiger partial charge on any atom is 0.339 e. The maximum atomic E-state index is 13.7. The summed E-state index contributed by atoms with van der Waals surface area (Å²) >= 11 is 0. The lowest BCUT2D eigenvalue weighted by atomic mass is 9.46. The number of ketones is 4. The van der Waals surface area contributed by atoms with Gasteiger partial charge in [0.1, 0.15) is 58.1 Å². The van der Waals surface area contributed by atoms with Crippen LogP contribution in [0.15, 0.2) is 204 Å². The molecule has 5 aliphatic rings. The zero-order chi connectivity index (χ0) is 83.0. The zero-order valence-corrected chi connectivity index (χ0v) is 64.3. The second-order valence-electron chi connectivity index (χ2n) is 29.5. The van der Waals surface area contributed by atoms with Crippen LogP contribution in [0.5, 0.6) is 11.5 Å². The van der Waals surface area contributed by atoms with Gasteiger partial charge in [-0.3, -0.25) is 37.8 Å². The first-order chi connectivity index (χ1) is 53.4. The second kappa shape index (κ2) is 38.1. The van der Waals surface area contributed by atoms with Gasteiger partial charge < -0.3 is 46.0 Å². The number of aliphatic carboxylic acids is 3. The van der Waals surface area contributed by atoms with Crippen LogP contribution < -0.4 is 0 Å². The molecule has 0 aromatic heterocycles. The van der Waals surface area contributed by atoms with E-state index in [-0.39, 0.29) is 100 Å². The number of carbonyl (C=O) groups is 9. The number of para-hydroxylation sites is 1. The van der Waals surface area contributed by atoms with E-state index in [1.165, 1.54) is 42.0 Å². The SMILES string of the molecule is CC(C)Cc1ccc(C(C)C(=O)O)cc1.CC1=C(CC(=O)O)c2cc(F)ccc2/C1=C\c1ccc(S(C)=O)cc1.C[C@]12CCC(=O)C=C1CC[C@@H]1[C@@H]2C(=O)C[C@@]2(C)[C@H]1CC[C@]2(O)C(=O)CO.O=C(O)CCC(=O)c1ccc(-c2ccccc2)cc1.O=C(O)c1cc(-c2ccc(F)cc2F)ccc1O.O=C(O)c1ccccc1O. The topological polar surface area (TPSA) is 353 Å². The van der Waals surface area contributed by atoms with E-state index in [9.17, 15) is 75.9 Å². The first kappa shape index (κ1) is 87.1. The molecule has 3 fully saturated rings. The van der Waals surface area contributed by atoms with Crippen molar-refractivity contribution in [2.24, 2.45) is 34.5 Å². The number of hydrogen-bond acceptors (Lipinski definition) is 14. The molecule has 5 aliphatic carbocycles. The number of carboxylic acid groups (broad SMARTS) is 5. The Morgan fingerprint density at radius 1 is 0.619 bits per heavy atom. The van der Waals surface area contributed by atoms with Crippen LogP contribution in [0.4, 0.5) is 13.2 Å². The van der Waals surface area contributed by atoms with E-state index in [2.05, 4.69) is 20.8 Å². The highest BCUT2D eigenvalue weighted by atomic mass is 32.2. The van der Waals surface area contributed by atoms with Gasteiger partial charge in [0.2, 0.25) is 0 Å². The first-order valence-corrected chi connectivity index (χ1v) is 38.2. The van der Waals surface area contributed by atoms with Crippen molar-refractivity contribution in [3.63, 3.8) is 0 Å². The van der Waals surface area contributed by atoms with Crippen molar-refractivity contribution in [3.8, 4) is 33.8 Å². The summed E-state index contributed by atoms with van der Waals surface area (Å²) in [4.78, 5) is 103. The van der Waals surface area contributed by atoms with Crippen molar-refractivity contribution < 1.29 is 106 Å². The molecule has 19 nitrogen and oxygen atoms in total. The van der Waals surface area contributed by atoms with Gasteiger partial charge in [0.15, 0.2) is 17.3 Å². The fourth-order valence-corrected chi connectivity index (χ4v) is 16.2.